The molecule has 1 fully saturated rings. The Bertz CT molecular complexity index is 447. The lowest BCUT2D eigenvalue weighted by Crippen LogP contribution is -2.45. The van der Waals surface area contributed by atoms with Crippen LogP contribution in [0.1, 0.15) is 31.2 Å². The van der Waals surface area contributed by atoms with Crippen molar-refractivity contribution in [3.05, 3.63) is 33.8 Å². The molecule has 0 unspecified atom stereocenters. The van der Waals surface area contributed by atoms with Crippen molar-refractivity contribution in [3.63, 3.8) is 0 Å². The van der Waals surface area contributed by atoms with Crippen LogP contribution in [-0.4, -0.2) is 12.3 Å². The quantitative estimate of drug-likeness (QED) is 0.897. The molecule has 2 nitrogen and oxygen atoms in total. The van der Waals surface area contributed by atoms with Crippen LogP contribution in [0, 0.1) is 0 Å². The summed E-state index contributed by atoms with van der Waals surface area (Å²) in [4.78, 5) is 12.2. The second-order valence-electron chi connectivity index (χ2n) is 4.55. The highest BCUT2D eigenvalue weighted by atomic mass is 35.5. The van der Waals surface area contributed by atoms with Gasteiger partial charge in [0, 0.05) is 13.0 Å². The maximum Gasteiger partial charge on any atom is 0.144 e. The fourth-order valence-corrected chi connectivity index (χ4v) is 2.82. The van der Waals surface area contributed by atoms with E-state index in [0.29, 0.717) is 23.0 Å². The maximum atomic E-state index is 12.2. The molecule has 1 aromatic rings. The normalized spacial score (nSPS) is 25.0. The molecule has 0 aromatic heterocycles. The van der Waals surface area contributed by atoms with Crippen LogP contribution in [0.2, 0.25) is 10.0 Å². The molecule has 0 saturated heterocycles. The molecule has 0 bridgehead atoms. The van der Waals surface area contributed by atoms with E-state index in [4.69, 9.17) is 28.9 Å². The lowest BCUT2D eigenvalue weighted by molar-refractivity contribution is -0.126. The third-order valence-electron chi connectivity index (χ3n) is 3.61. The highest BCUT2D eigenvalue weighted by Crippen LogP contribution is 2.38. The van der Waals surface area contributed by atoms with Gasteiger partial charge in [-0.05, 0) is 30.5 Å². The Morgan fingerprint density at radius 3 is 2.59 bits per heavy atom. The average Bonchev–Trinajstić information content (AvgIpc) is 2.34. The van der Waals surface area contributed by atoms with Crippen molar-refractivity contribution < 1.29 is 4.79 Å². The van der Waals surface area contributed by atoms with Crippen LogP contribution in [0.4, 0.5) is 0 Å². The van der Waals surface area contributed by atoms with E-state index in [2.05, 4.69) is 0 Å². The first kappa shape index (κ1) is 12.9. The van der Waals surface area contributed by atoms with Gasteiger partial charge >= 0.3 is 0 Å². The fraction of sp³-hybridized carbons (Fsp3) is 0.462. The van der Waals surface area contributed by atoms with Crippen molar-refractivity contribution >= 4 is 29.0 Å². The standard InChI is InChI=1S/C13H15Cl2NO/c14-10-5-4-9(7-11(10)15)13(8-16)6-2-1-3-12(13)17/h4-5,7H,1-3,6,8,16H2/t13-/m1/s1. The van der Waals surface area contributed by atoms with Gasteiger partial charge in [0.2, 0.25) is 0 Å². The van der Waals surface area contributed by atoms with Crippen molar-refractivity contribution in [1.29, 1.82) is 0 Å². The van der Waals surface area contributed by atoms with Gasteiger partial charge < -0.3 is 5.73 Å². The molecule has 0 amide bonds. The minimum Gasteiger partial charge on any atom is -0.329 e. The van der Waals surface area contributed by atoms with Crippen LogP contribution in [0.5, 0.6) is 0 Å². The molecule has 1 atom stereocenters. The monoisotopic (exact) mass is 271 g/mol. The van der Waals surface area contributed by atoms with Crippen LogP contribution in [0.15, 0.2) is 18.2 Å². The van der Waals surface area contributed by atoms with E-state index in [1.54, 1.807) is 12.1 Å². The van der Waals surface area contributed by atoms with Crippen molar-refractivity contribution in [2.45, 2.75) is 31.1 Å². The summed E-state index contributed by atoms with van der Waals surface area (Å²) in [6.07, 6.45) is 3.41. The van der Waals surface area contributed by atoms with Crippen molar-refractivity contribution in [2.75, 3.05) is 6.54 Å². The third-order valence-corrected chi connectivity index (χ3v) is 4.35. The number of Topliss-reactive ketones (excluding diaryl/α,β-unsaturated/α-hetero) is 1. The average molecular weight is 272 g/mol. The van der Waals surface area contributed by atoms with Gasteiger partial charge in [-0.3, -0.25) is 4.79 Å². The topological polar surface area (TPSA) is 43.1 Å². The van der Waals surface area contributed by atoms with E-state index in [1.165, 1.54) is 0 Å². The largest absolute Gasteiger partial charge is 0.329 e. The van der Waals surface area contributed by atoms with Gasteiger partial charge in [-0.15, -0.1) is 0 Å². The number of ketones is 1. The fourth-order valence-electron chi connectivity index (χ4n) is 2.52. The molecule has 2 rings (SSSR count). The summed E-state index contributed by atoms with van der Waals surface area (Å²) in [5.41, 5.74) is 6.20. The Labute approximate surface area is 111 Å². The van der Waals surface area contributed by atoms with Crippen LogP contribution in [-0.2, 0) is 10.2 Å². The molecule has 0 aliphatic heterocycles. The maximum absolute atomic E-state index is 12.2. The number of carbonyl (C=O) groups is 1. The van der Waals surface area contributed by atoms with Gasteiger partial charge in [0.05, 0.1) is 15.5 Å². The number of benzene rings is 1. The lowest BCUT2D eigenvalue weighted by atomic mass is 9.68. The minimum absolute atomic E-state index is 0.227. The molecule has 92 valence electrons. The van der Waals surface area contributed by atoms with Gasteiger partial charge in [-0.25, -0.2) is 0 Å². The van der Waals surface area contributed by atoms with Gasteiger partial charge in [-0.1, -0.05) is 35.7 Å². The molecule has 1 aliphatic rings. The first-order valence-electron chi connectivity index (χ1n) is 5.79. The zero-order valence-electron chi connectivity index (χ0n) is 9.51. The summed E-state index contributed by atoms with van der Waals surface area (Å²) >= 11 is 11.9. The summed E-state index contributed by atoms with van der Waals surface area (Å²) in [7, 11) is 0. The Kier molecular flexibility index (Phi) is 3.76. The van der Waals surface area contributed by atoms with Gasteiger partial charge in [0.1, 0.15) is 5.78 Å². The first-order chi connectivity index (χ1) is 8.10. The number of carbonyl (C=O) groups excluding carboxylic acids is 1. The molecule has 1 aromatic carbocycles. The molecule has 2 N–H and O–H groups in total. The Morgan fingerprint density at radius 2 is 2.00 bits per heavy atom. The van der Waals surface area contributed by atoms with Crippen molar-refractivity contribution in [2.24, 2.45) is 5.73 Å². The highest BCUT2D eigenvalue weighted by Gasteiger charge is 2.40. The number of hydrogen-bond acceptors (Lipinski definition) is 2. The van der Waals surface area contributed by atoms with E-state index in [0.717, 1.165) is 24.8 Å². The van der Waals surface area contributed by atoms with E-state index >= 15 is 0 Å². The molecule has 1 saturated carbocycles. The summed E-state index contributed by atoms with van der Waals surface area (Å²) in [6, 6.07) is 5.38. The minimum atomic E-state index is -0.549. The molecule has 0 heterocycles. The summed E-state index contributed by atoms with van der Waals surface area (Å²) in [5, 5.41) is 0.987. The lowest BCUT2D eigenvalue weighted by Gasteiger charge is -2.35. The van der Waals surface area contributed by atoms with Crippen LogP contribution in [0.25, 0.3) is 0 Å². The van der Waals surface area contributed by atoms with E-state index in [-0.39, 0.29) is 5.78 Å². The van der Waals surface area contributed by atoms with Crippen LogP contribution in [0.3, 0.4) is 0 Å². The van der Waals surface area contributed by atoms with Crippen LogP contribution < -0.4 is 5.73 Å². The molecule has 1 aliphatic carbocycles. The van der Waals surface area contributed by atoms with Crippen LogP contribution >= 0.6 is 23.2 Å². The van der Waals surface area contributed by atoms with Gasteiger partial charge in [0.25, 0.3) is 0 Å². The second kappa shape index (κ2) is 4.97. The first-order valence-corrected chi connectivity index (χ1v) is 6.54. The number of hydrogen-bond donors (Lipinski definition) is 1. The Hall–Kier alpha value is -0.570. The van der Waals surface area contributed by atoms with Crippen molar-refractivity contribution in [3.8, 4) is 0 Å². The summed E-state index contributed by atoms with van der Waals surface area (Å²) < 4.78 is 0. The second-order valence-corrected chi connectivity index (χ2v) is 5.36. The molecular formula is C13H15Cl2NO. The summed E-state index contributed by atoms with van der Waals surface area (Å²) in [6.45, 7) is 0.337. The van der Waals surface area contributed by atoms with E-state index in [1.807, 2.05) is 6.07 Å². The van der Waals surface area contributed by atoms with E-state index in [9.17, 15) is 4.79 Å². The van der Waals surface area contributed by atoms with E-state index < -0.39 is 5.41 Å². The molecule has 17 heavy (non-hydrogen) atoms. The number of halogens is 2. The Morgan fingerprint density at radius 1 is 1.24 bits per heavy atom. The SMILES string of the molecule is NC[C@@]1(c2ccc(Cl)c(Cl)c2)CCCCC1=O. The molecule has 0 radical (unpaired) electrons. The molecule has 0 spiro atoms. The highest BCUT2D eigenvalue weighted by molar-refractivity contribution is 6.42. The third kappa shape index (κ3) is 2.22. The van der Waals surface area contributed by atoms with Gasteiger partial charge in [0.15, 0.2) is 0 Å². The molecular weight excluding hydrogens is 257 g/mol. The number of nitrogens with two attached hydrogens (primary N) is 1. The molecule has 4 heteroatoms. The van der Waals surface area contributed by atoms with Crippen molar-refractivity contribution in [1.82, 2.24) is 0 Å². The predicted molar refractivity (Wildman–Crippen MR) is 70.7 cm³/mol. The smallest absolute Gasteiger partial charge is 0.144 e. The predicted octanol–water partition coefficient (Wildman–Crippen LogP) is 3.33. The Balaban J connectivity index is 2.46. The zero-order chi connectivity index (χ0) is 12.5. The summed E-state index contributed by atoms with van der Waals surface area (Å²) in [5.74, 6) is 0.227. The zero-order valence-corrected chi connectivity index (χ0v) is 11.0. The number of rotatable bonds is 2. The van der Waals surface area contributed by atoms with Gasteiger partial charge in [-0.2, -0.15) is 0 Å².